The number of carbonyl (C=O) groups is 1. The maximum Gasteiger partial charge on any atom is 0.260 e. The van der Waals surface area contributed by atoms with Gasteiger partial charge in [0.1, 0.15) is 11.6 Å². The number of thiazole rings is 1. The van der Waals surface area contributed by atoms with Crippen LogP contribution in [-0.4, -0.2) is 10.9 Å². The Hall–Kier alpha value is -2.99. The molecule has 0 radical (unpaired) electrons. The molecule has 1 amide bonds. The summed E-state index contributed by atoms with van der Waals surface area (Å²) < 4.78 is 20.0. The minimum Gasteiger partial charge on any atom is -0.467 e. The number of nitrogens with zero attached hydrogens (tertiary/aromatic N) is 2. The number of aromatic nitrogens is 1. The molecule has 0 bridgehead atoms. The zero-order chi connectivity index (χ0) is 18.1. The molecule has 26 heavy (non-hydrogen) atoms. The van der Waals surface area contributed by atoms with E-state index in [1.165, 1.54) is 34.4 Å². The van der Waals surface area contributed by atoms with Crippen molar-refractivity contribution in [3.8, 4) is 0 Å². The standard InChI is InChI=1S/C20H15FN2O2S/c1-13-5-2-9-17-18(13)22-20(26-17)23(12-16-8-4-10-25-16)19(24)14-6-3-7-15(21)11-14/h2-11H,12H2,1H3. The van der Waals surface area contributed by atoms with Crippen LogP contribution in [0.2, 0.25) is 0 Å². The Morgan fingerprint density at radius 3 is 2.77 bits per heavy atom. The summed E-state index contributed by atoms with van der Waals surface area (Å²) >= 11 is 1.43. The lowest BCUT2D eigenvalue weighted by Gasteiger charge is -2.18. The Labute approximate surface area is 153 Å². The van der Waals surface area contributed by atoms with Crippen LogP contribution in [0.25, 0.3) is 10.2 Å². The van der Waals surface area contributed by atoms with Crippen LogP contribution in [0.1, 0.15) is 21.7 Å². The molecular weight excluding hydrogens is 351 g/mol. The van der Waals surface area contributed by atoms with E-state index in [0.717, 1.165) is 15.8 Å². The molecule has 0 saturated carbocycles. The van der Waals surface area contributed by atoms with Crippen molar-refractivity contribution in [3.05, 3.63) is 83.6 Å². The van der Waals surface area contributed by atoms with Gasteiger partial charge < -0.3 is 4.42 Å². The second-order valence-electron chi connectivity index (χ2n) is 5.90. The van der Waals surface area contributed by atoms with E-state index in [2.05, 4.69) is 4.98 Å². The number of rotatable bonds is 4. The van der Waals surface area contributed by atoms with Crippen molar-refractivity contribution in [1.29, 1.82) is 0 Å². The molecule has 0 aliphatic carbocycles. The molecule has 0 N–H and O–H groups in total. The minimum absolute atomic E-state index is 0.223. The topological polar surface area (TPSA) is 46.3 Å². The first-order valence-electron chi connectivity index (χ1n) is 8.08. The Bertz CT molecular complexity index is 1070. The highest BCUT2D eigenvalue weighted by atomic mass is 32.1. The summed E-state index contributed by atoms with van der Waals surface area (Å²) in [6.07, 6.45) is 1.56. The van der Waals surface area contributed by atoms with Crippen LogP contribution in [-0.2, 0) is 6.54 Å². The zero-order valence-electron chi connectivity index (χ0n) is 14.0. The lowest BCUT2D eigenvalue weighted by Crippen LogP contribution is -2.30. The number of furan rings is 1. The molecule has 0 aliphatic rings. The van der Waals surface area contributed by atoms with Crippen LogP contribution in [0.5, 0.6) is 0 Å². The van der Waals surface area contributed by atoms with Gasteiger partial charge in [-0.1, -0.05) is 29.5 Å². The molecule has 2 aromatic carbocycles. The molecule has 6 heteroatoms. The lowest BCUT2D eigenvalue weighted by molar-refractivity contribution is 0.0983. The largest absolute Gasteiger partial charge is 0.467 e. The van der Waals surface area contributed by atoms with E-state index in [4.69, 9.17) is 4.42 Å². The van der Waals surface area contributed by atoms with Gasteiger partial charge in [-0.3, -0.25) is 9.69 Å². The first-order chi connectivity index (χ1) is 12.6. The first kappa shape index (κ1) is 16.5. The van der Waals surface area contributed by atoms with E-state index in [-0.39, 0.29) is 18.0 Å². The summed E-state index contributed by atoms with van der Waals surface area (Å²) in [5, 5.41) is 0.556. The number of aryl methyl sites for hydroxylation is 1. The molecule has 0 spiro atoms. The predicted octanol–water partition coefficient (Wildman–Crippen LogP) is 5.18. The van der Waals surface area contributed by atoms with Gasteiger partial charge >= 0.3 is 0 Å². The van der Waals surface area contributed by atoms with Crippen LogP contribution in [0.15, 0.2) is 65.3 Å². The second kappa shape index (κ2) is 6.72. The molecule has 4 rings (SSSR count). The maximum atomic E-state index is 13.6. The smallest absolute Gasteiger partial charge is 0.260 e. The number of hydrogen-bond donors (Lipinski definition) is 0. The molecule has 0 unspecified atom stereocenters. The molecule has 4 aromatic rings. The number of halogens is 1. The average molecular weight is 366 g/mol. The Morgan fingerprint density at radius 2 is 2.04 bits per heavy atom. The highest BCUT2D eigenvalue weighted by Gasteiger charge is 2.23. The van der Waals surface area contributed by atoms with Gasteiger partial charge in [-0.2, -0.15) is 0 Å². The van der Waals surface area contributed by atoms with Crippen LogP contribution < -0.4 is 4.90 Å². The van der Waals surface area contributed by atoms with Gasteiger partial charge in [-0.05, 0) is 48.9 Å². The number of fused-ring (bicyclic) bond motifs is 1. The van der Waals surface area contributed by atoms with Crippen LogP contribution in [0, 0.1) is 12.7 Å². The van der Waals surface area contributed by atoms with Gasteiger partial charge in [0.05, 0.1) is 23.0 Å². The predicted molar refractivity (Wildman–Crippen MR) is 100.0 cm³/mol. The Balaban J connectivity index is 1.79. The Kier molecular flexibility index (Phi) is 4.26. The molecule has 0 saturated heterocycles. The maximum absolute atomic E-state index is 13.6. The monoisotopic (exact) mass is 366 g/mol. The summed E-state index contributed by atoms with van der Waals surface area (Å²) in [5.74, 6) is -0.141. The molecular formula is C20H15FN2O2S. The van der Waals surface area contributed by atoms with Crippen molar-refractivity contribution >= 4 is 32.6 Å². The van der Waals surface area contributed by atoms with Gasteiger partial charge in [0.25, 0.3) is 5.91 Å². The summed E-state index contributed by atoms with van der Waals surface area (Å²) in [6.45, 7) is 2.21. The van der Waals surface area contributed by atoms with Crippen LogP contribution in [0.4, 0.5) is 9.52 Å². The molecule has 2 heterocycles. The van der Waals surface area contributed by atoms with Crippen molar-refractivity contribution in [2.24, 2.45) is 0 Å². The first-order valence-corrected chi connectivity index (χ1v) is 8.89. The van der Waals surface area contributed by atoms with Crippen molar-refractivity contribution in [2.45, 2.75) is 13.5 Å². The minimum atomic E-state index is -0.450. The highest BCUT2D eigenvalue weighted by molar-refractivity contribution is 7.22. The van der Waals surface area contributed by atoms with E-state index >= 15 is 0 Å². The van der Waals surface area contributed by atoms with Gasteiger partial charge in [0.15, 0.2) is 5.13 Å². The SMILES string of the molecule is Cc1cccc2sc(N(Cc3ccco3)C(=O)c3cccc(F)c3)nc12. The quantitative estimate of drug-likeness (QED) is 0.500. The highest BCUT2D eigenvalue weighted by Crippen LogP contribution is 2.32. The van der Waals surface area contributed by atoms with Gasteiger partial charge in [-0.25, -0.2) is 9.37 Å². The van der Waals surface area contributed by atoms with E-state index in [0.29, 0.717) is 10.9 Å². The number of hydrogen-bond acceptors (Lipinski definition) is 4. The number of benzene rings is 2. The molecule has 0 atom stereocenters. The average Bonchev–Trinajstić information content (AvgIpc) is 3.29. The summed E-state index contributed by atoms with van der Waals surface area (Å²) in [7, 11) is 0. The van der Waals surface area contributed by atoms with E-state index in [9.17, 15) is 9.18 Å². The fourth-order valence-electron chi connectivity index (χ4n) is 2.75. The van der Waals surface area contributed by atoms with Crippen LogP contribution >= 0.6 is 11.3 Å². The summed E-state index contributed by atoms with van der Waals surface area (Å²) in [5.41, 5.74) is 2.18. The summed E-state index contributed by atoms with van der Waals surface area (Å²) in [4.78, 5) is 19.2. The fraction of sp³-hybridized carbons (Fsp3) is 0.100. The van der Waals surface area contributed by atoms with Crippen LogP contribution in [0.3, 0.4) is 0 Å². The Morgan fingerprint density at radius 1 is 1.19 bits per heavy atom. The molecule has 0 aliphatic heterocycles. The zero-order valence-corrected chi connectivity index (χ0v) is 14.8. The molecule has 2 aromatic heterocycles. The third-order valence-electron chi connectivity index (χ3n) is 4.05. The third kappa shape index (κ3) is 3.11. The number of carbonyl (C=O) groups excluding carboxylic acids is 1. The van der Waals surface area contributed by atoms with Gasteiger partial charge in [-0.15, -0.1) is 0 Å². The number of para-hydroxylation sites is 1. The molecule has 0 fully saturated rings. The van der Waals surface area contributed by atoms with Crippen molar-refractivity contribution in [3.63, 3.8) is 0 Å². The molecule has 4 nitrogen and oxygen atoms in total. The normalized spacial score (nSPS) is 11.0. The van der Waals surface area contributed by atoms with E-state index in [1.807, 2.05) is 25.1 Å². The van der Waals surface area contributed by atoms with Crippen molar-refractivity contribution in [2.75, 3.05) is 4.90 Å². The van der Waals surface area contributed by atoms with Crippen molar-refractivity contribution < 1.29 is 13.6 Å². The van der Waals surface area contributed by atoms with Gasteiger partial charge in [0, 0.05) is 5.56 Å². The van der Waals surface area contributed by atoms with E-state index in [1.54, 1.807) is 24.5 Å². The molecule has 130 valence electrons. The van der Waals surface area contributed by atoms with Crippen molar-refractivity contribution in [1.82, 2.24) is 4.98 Å². The van der Waals surface area contributed by atoms with E-state index < -0.39 is 5.82 Å². The van der Waals surface area contributed by atoms with Gasteiger partial charge in [0.2, 0.25) is 0 Å². The lowest BCUT2D eigenvalue weighted by atomic mass is 10.2. The summed E-state index contributed by atoms with van der Waals surface area (Å²) in [6, 6.07) is 15.1. The second-order valence-corrected chi connectivity index (χ2v) is 6.91. The number of amides is 1. The number of anilines is 1. The third-order valence-corrected chi connectivity index (χ3v) is 5.09. The fourth-order valence-corrected chi connectivity index (χ4v) is 3.79.